The maximum Gasteiger partial charge on any atom is 0.251 e. The summed E-state index contributed by atoms with van der Waals surface area (Å²) in [5, 5.41) is 2.99. The van der Waals surface area contributed by atoms with E-state index in [2.05, 4.69) is 10.3 Å². The third-order valence-corrected chi connectivity index (χ3v) is 6.10. The molecule has 0 atom stereocenters. The predicted octanol–water partition coefficient (Wildman–Crippen LogP) is 3.96. The highest BCUT2D eigenvalue weighted by Crippen LogP contribution is 2.26. The average molecular weight is 373 g/mol. The first kappa shape index (κ1) is 17.9. The number of benzene rings is 2. The van der Waals surface area contributed by atoms with Gasteiger partial charge >= 0.3 is 0 Å². The first-order valence-electron chi connectivity index (χ1n) is 8.06. The van der Waals surface area contributed by atoms with Crippen molar-refractivity contribution in [1.82, 2.24) is 5.32 Å². The van der Waals surface area contributed by atoms with E-state index >= 15 is 0 Å². The monoisotopic (exact) mass is 372 g/mol. The van der Waals surface area contributed by atoms with E-state index in [0.717, 1.165) is 39.3 Å². The maximum atomic E-state index is 12.6. The van der Waals surface area contributed by atoms with Crippen LogP contribution in [0, 0.1) is 0 Å². The number of aliphatic imine (C=N–C) groups is 1. The summed E-state index contributed by atoms with van der Waals surface area (Å²) in [6.07, 6.45) is 0. The lowest BCUT2D eigenvalue weighted by Crippen LogP contribution is -2.24. The Hall–Kier alpha value is -1.92. The van der Waals surface area contributed by atoms with E-state index in [0.29, 0.717) is 12.1 Å². The van der Waals surface area contributed by atoms with Gasteiger partial charge in [-0.3, -0.25) is 9.79 Å². The van der Waals surface area contributed by atoms with E-state index in [-0.39, 0.29) is 5.91 Å². The number of methoxy groups -OCH3 is 1. The van der Waals surface area contributed by atoms with Gasteiger partial charge in [0.2, 0.25) is 0 Å². The summed E-state index contributed by atoms with van der Waals surface area (Å²) in [6, 6.07) is 15.4. The zero-order valence-electron chi connectivity index (χ0n) is 14.0. The molecule has 1 aliphatic heterocycles. The molecule has 0 spiro atoms. The molecule has 0 aromatic heterocycles. The maximum absolute atomic E-state index is 12.6. The van der Waals surface area contributed by atoms with Gasteiger partial charge in [0.05, 0.1) is 13.7 Å². The van der Waals surface area contributed by atoms with E-state index < -0.39 is 0 Å². The van der Waals surface area contributed by atoms with Crippen LogP contribution in [0.3, 0.4) is 0 Å². The molecule has 25 heavy (non-hydrogen) atoms. The van der Waals surface area contributed by atoms with Gasteiger partial charge in [-0.1, -0.05) is 59.9 Å². The van der Waals surface area contributed by atoms with Crippen LogP contribution < -0.4 is 10.1 Å². The van der Waals surface area contributed by atoms with Gasteiger partial charge in [0.1, 0.15) is 10.1 Å². The van der Waals surface area contributed by atoms with Crippen LogP contribution in [0.4, 0.5) is 0 Å². The molecule has 1 N–H and O–H groups in total. The molecule has 0 unspecified atom stereocenters. The molecular weight excluding hydrogens is 352 g/mol. The van der Waals surface area contributed by atoms with Crippen LogP contribution in [0.1, 0.15) is 21.5 Å². The summed E-state index contributed by atoms with van der Waals surface area (Å²) in [4.78, 5) is 17.1. The lowest BCUT2D eigenvalue weighted by atomic mass is 10.1. The van der Waals surface area contributed by atoms with Gasteiger partial charge in [0.25, 0.3) is 5.91 Å². The van der Waals surface area contributed by atoms with Crippen molar-refractivity contribution < 1.29 is 9.53 Å². The van der Waals surface area contributed by atoms with Crippen molar-refractivity contribution in [2.45, 2.75) is 12.3 Å². The number of para-hydroxylation sites is 1. The molecule has 2 aromatic carbocycles. The lowest BCUT2D eigenvalue weighted by Gasteiger charge is -2.12. The standard InChI is InChI=1S/C19H20N2O2S2/c1-23-17-9-5-3-6-14(17)12-21-18(22)16-8-4-2-7-15(16)13-25-19-20-10-11-24-19/h2-9H,10-13H2,1H3,(H,21,22). The van der Waals surface area contributed by atoms with Gasteiger partial charge in [-0.05, 0) is 17.7 Å². The number of rotatable bonds is 6. The molecular formula is C19H20N2O2S2. The van der Waals surface area contributed by atoms with Crippen LogP contribution in [0.25, 0.3) is 0 Å². The molecule has 1 amide bonds. The Kier molecular flexibility index (Phi) is 6.42. The minimum atomic E-state index is -0.0666. The van der Waals surface area contributed by atoms with Gasteiger partial charge in [-0.15, -0.1) is 0 Å². The minimum Gasteiger partial charge on any atom is -0.496 e. The second-order valence-corrected chi connectivity index (χ2v) is 7.74. The molecule has 2 aromatic rings. The highest BCUT2D eigenvalue weighted by Gasteiger charge is 2.14. The molecule has 1 heterocycles. The van der Waals surface area contributed by atoms with Crippen molar-refractivity contribution in [3.8, 4) is 5.75 Å². The number of ether oxygens (including phenoxy) is 1. The van der Waals surface area contributed by atoms with Gasteiger partial charge in [-0.2, -0.15) is 0 Å². The van der Waals surface area contributed by atoms with Gasteiger partial charge < -0.3 is 10.1 Å². The number of carbonyl (C=O) groups is 1. The van der Waals surface area contributed by atoms with E-state index in [1.165, 1.54) is 0 Å². The number of nitrogens with zero attached hydrogens (tertiary/aromatic N) is 1. The number of carbonyl (C=O) groups excluding carboxylic acids is 1. The second-order valence-electron chi connectivity index (χ2n) is 5.44. The van der Waals surface area contributed by atoms with Crippen LogP contribution in [0.5, 0.6) is 5.75 Å². The van der Waals surface area contributed by atoms with Crippen LogP contribution in [-0.4, -0.2) is 29.7 Å². The fourth-order valence-corrected chi connectivity index (χ4v) is 4.54. The Morgan fingerprint density at radius 2 is 1.96 bits per heavy atom. The molecule has 1 aliphatic rings. The Labute approximate surface area is 156 Å². The van der Waals surface area contributed by atoms with E-state index in [1.807, 2.05) is 48.5 Å². The zero-order chi connectivity index (χ0) is 17.5. The molecule has 0 fully saturated rings. The van der Waals surface area contributed by atoms with Crippen LogP contribution >= 0.6 is 23.5 Å². The predicted molar refractivity (Wildman–Crippen MR) is 107 cm³/mol. The second kappa shape index (κ2) is 8.97. The first-order chi connectivity index (χ1) is 12.3. The molecule has 0 bridgehead atoms. The molecule has 0 saturated carbocycles. The van der Waals surface area contributed by atoms with Gasteiger partial charge in [0.15, 0.2) is 0 Å². The minimum absolute atomic E-state index is 0.0666. The van der Waals surface area contributed by atoms with Crippen molar-refractivity contribution in [3.63, 3.8) is 0 Å². The summed E-state index contributed by atoms with van der Waals surface area (Å²) in [5.41, 5.74) is 2.70. The summed E-state index contributed by atoms with van der Waals surface area (Å²) in [7, 11) is 1.64. The average Bonchev–Trinajstić information content (AvgIpc) is 3.18. The van der Waals surface area contributed by atoms with Crippen molar-refractivity contribution >= 4 is 33.8 Å². The largest absolute Gasteiger partial charge is 0.496 e. The molecule has 0 saturated heterocycles. The van der Waals surface area contributed by atoms with Crippen molar-refractivity contribution in [2.24, 2.45) is 4.99 Å². The first-order valence-corrected chi connectivity index (χ1v) is 10.0. The Bertz CT molecular complexity index is 778. The molecule has 6 heteroatoms. The Balaban J connectivity index is 1.65. The molecule has 130 valence electrons. The fourth-order valence-electron chi connectivity index (χ4n) is 2.53. The number of thioether (sulfide) groups is 2. The van der Waals surface area contributed by atoms with Crippen LogP contribution in [0.15, 0.2) is 53.5 Å². The quantitative estimate of drug-likeness (QED) is 0.834. The number of amides is 1. The van der Waals surface area contributed by atoms with Crippen LogP contribution in [-0.2, 0) is 12.3 Å². The van der Waals surface area contributed by atoms with Crippen molar-refractivity contribution in [1.29, 1.82) is 0 Å². The zero-order valence-corrected chi connectivity index (χ0v) is 15.7. The molecule has 0 aliphatic carbocycles. The molecule has 0 radical (unpaired) electrons. The molecule has 3 rings (SSSR count). The highest BCUT2D eigenvalue weighted by molar-refractivity contribution is 8.38. The van der Waals surface area contributed by atoms with Crippen molar-refractivity contribution in [2.75, 3.05) is 19.4 Å². The Morgan fingerprint density at radius 3 is 2.72 bits per heavy atom. The van der Waals surface area contributed by atoms with Gasteiger partial charge in [0, 0.05) is 29.2 Å². The van der Waals surface area contributed by atoms with Crippen molar-refractivity contribution in [3.05, 3.63) is 65.2 Å². The summed E-state index contributed by atoms with van der Waals surface area (Å²) in [5.74, 6) is 2.53. The summed E-state index contributed by atoms with van der Waals surface area (Å²) >= 11 is 3.49. The van der Waals surface area contributed by atoms with E-state index in [9.17, 15) is 4.79 Å². The van der Waals surface area contributed by atoms with E-state index in [4.69, 9.17) is 4.74 Å². The highest BCUT2D eigenvalue weighted by atomic mass is 32.2. The van der Waals surface area contributed by atoms with E-state index in [1.54, 1.807) is 30.6 Å². The third kappa shape index (κ3) is 4.80. The topological polar surface area (TPSA) is 50.7 Å². The third-order valence-electron chi connectivity index (χ3n) is 3.80. The Morgan fingerprint density at radius 1 is 1.20 bits per heavy atom. The number of hydrogen-bond donors (Lipinski definition) is 1. The summed E-state index contributed by atoms with van der Waals surface area (Å²) in [6.45, 7) is 1.33. The normalized spacial score (nSPS) is 13.4. The lowest BCUT2D eigenvalue weighted by molar-refractivity contribution is 0.0950. The fraction of sp³-hybridized carbons (Fsp3) is 0.263. The smallest absolute Gasteiger partial charge is 0.251 e. The SMILES string of the molecule is COc1ccccc1CNC(=O)c1ccccc1CSC1=NCCS1. The van der Waals surface area contributed by atoms with Gasteiger partial charge in [-0.25, -0.2) is 0 Å². The van der Waals surface area contributed by atoms with Crippen LogP contribution in [0.2, 0.25) is 0 Å². The number of hydrogen-bond acceptors (Lipinski definition) is 5. The molecule has 4 nitrogen and oxygen atoms in total. The summed E-state index contributed by atoms with van der Waals surface area (Å²) < 4.78 is 6.45. The number of nitrogens with one attached hydrogen (secondary N) is 1.